The summed E-state index contributed by atoms with van der Waals surface area (Å²) in [4.78, 5) is 6.72. The highest BCUT2D eigenvalue weighted by Gasteiger charge is 2.20. The highest BCUT2D eigenvalue weighted by Crippen LogP contribution is 2.31. The van der Waals surface area contributed by atoms with E-state index in [1.54, 1.807) is 18.3 Å². The van der Waals surface area contributed by atoms with Crippen molar-refractivity contribution >= 4 is 23.1 Å². The third-order valence-corrected chi connectivity index (χ3v) is 4.73. The van der Waals surface area contributed by atoms with Crippen LogP contribution >= 0.6 is 11.6 Å². The molecule has 2 aromatic heterocycles. The second kappa shape index (κ2) is 6.50. The maximum absolute atomic E-state index is 10.2. The topological polar surface area (TPSA) is 78.6 Å². The molecule has 3 heterocycles. The summed E-state index contributed by atoms with van der Waals surface area (Å²) < 4.78 is 1.82. The van der Waals surface area contributed by atoms with Crippen LogP contribution in [0.5, 0.6) is 5.75 Å². The molecule has 3 aromatic rings. The number of nitrogens with one attached hydrogen (secondary N) is 1. The van der Waals surface area contributed by atoms with E-state index in [1.807, 2.05) is 10.6 Å². The van der Waals surface area contributed by atoms with Gasteiger partial charge in [-0.25, -0.2) is 4.98 Å². The lowest BCUT2D eigenvalue weighted by Gasteiger charge is -2.30. The first-order chi connectivity index (χ1) is 12.1. The number of piperidine rings is 1. The lowest BCUT2D eigenvalue weighted by Crippen LogP contribution is -2.40. The van der Waals surface area contributed by atoms with Gasteiger partial charge in [0.15, 0.2) is 17.3 Å². The van der Waals surface area contributed by atoms with Gasteiger partial charge in [0.05, 0.1) is 5.56 Å². The zero-order valence-corrected chi connectivity index (χ0v) is 14.6. The van der Waals surface area contributed by atoms with Crippen molar-refractivity contribution in [3.63, 3.8) is 0 Å². The molecule has 0 spiro atoms. The molecule has 130 valence electrons. The third kappa shape index (κ3) is 3.12. The number of phenolic OH excluding ortho intramolecular Hbond substituents is 1. The summed E-state index contributed by atoms with van der Waals surface area (Å²) in [5.74, 6) is 1.24. The van der Waals surface area contributed by atoms with Crippen molar-refractivity contribution in [3.8, 4) is 17.1 Å². The Kier molecular flexibility index (Phi) is 4.19. The molecular formula is C17H19ClN6O. The van der Waals surface area contributed by atoms with Gasteiger partial charge in [0, 0.05) is 30.0 Å². The average Bonchev–Trinajstić information content (AvgIpc) is 3.06. The summed E-state index contributed by atoms with van der Waals surface area (Å²) in [5, 5.41) is 22.8. The van der Waals surface area contributed by atoms with Crippen LogP contribution in [0.2, 0.25) is 5.02 Å². The van der Waals surface area contributed by atoms with Crippen molar-refractivity contribution in [1.29, 1.82) is 0 Å². The van der Waals surface area contributed by atoms with Gasteiger partial charge in [0.1, 0.15) is 5.75 Å². The molecule has 2 N–H and O–H groups in total. The molecule has 0 aliphatic carbocycles. The quantitative estimate of drug-likeness (QED) is 0.749. The Balaban J connectivity index is 1.71. The molecule has 1 unspecified atom stereocenters. The van der Waals surface area contributed by atoms with Gasteiger partial charge >= 0.3 is 0 Å². The zero-order valence-electron chi connectivity index (χ0n) is 13.9. The van der Waals surface area contributed by atoms with E-state index < -0.39 is 0 Å². The van der Waals surface area contributed by atoms with Crippen molar-refractivity contribution in [2.75, 3.05) is 25.5 Å². The molecule has 0 bridgehead atoms. The number of aromatic hydroxyl groups is 1. The Hall–Kier alpha value is -2.38. The predicted molar refractivity (Wildman–Crippen MR) is 97.0 cm³/mol. The Bertz CT molecular complexity index is 911. The summed E-state index contributed by atoms with van der Waals surface area (Å²) in [7, 11) is 2.12. The number of aromatic nitrogens is 4. The van der Waals surface area contributed by atoms with Crippen LogP contribution in [0.1, 0.15) is 12.8 Å². The summed E-state index contributed by atoms with van der Waals surface area (Å²) in [6.45, 7) is 2.09. The number of likely N-dealkylation sites (N-methyl/N-ethyl adjacent to an activating group) is 1. The summed E-state index contributed by atoms with van der Waals surface area (Å²) in [6.07, 6.45) is 5.76. The molecule has 7 nitrogen and oxygen atoms in total. The molecule has 1 fully saturated rings. The van der Waals surface area contributed by atoms with E-state index in [4.69, 9.17) is 11.6 Å². The maximum atomic E-state index is 10.2. The van der Waals surface area contributed by atoms with E-state index in [2.05, 4.69) is 32.4 Å². The Morgan fingerprint density at radius 2 is 2.20 bits per heavy atom. The second-order valence-corrected chi connectivity index (χ2v) is 6.84. The van der Waals surface area contributed by atoms with Crippen molar-refractivity contribution in [1.82, 2.24) is 24.5 Å². The fourth-order valence-corrected chi connectivity index (χ4v) is 3.45. The number of nitrogens with zero attached hydrogens (tertiary/aromatic N) is 5. The third-order valence-electron chi connectivity index (χ3n) is 4.49. The fraction of sp³-hybridized carbons (Fsp3) is 0.353. The maximum Gasteiger partial charge on any atom is 0.192 e. The van der Waals surface area contributed by atoms with E-state index >= 15 is 0 Å². The van der Waals surface area contributed by atoms with Crippen LogP contribution in [0.4, 0.5) is 5.82 Å². The van der Waals surface area contributed by atoms with Crippen molar-refractivity contribution in [2.24, 2.45) is 0 Å². The van der Waals surface area contributed by atoms with Crippen molar-refractivity contribution in [2.45, 2.75) is 18.9 Å². The highest BCUT2D eigenvalue weighted by molar-refractivity contribution is 6.30. The summed E-state index contributed by atoms with van der Waals surface area (Å²) in [6, 6.07) is 5.25. The fourth-order valence-electron chi connectivity index (χ4n) is 3.29. The molecule has 0 saturated carbocycles. The molecule has 1 aromatic carbocycles. The molecule has 0 amide bonds. The van der Waals surface area contributed by atoms with E-state index in [-0.39, 0.29) is 5.75 Å². The lowest BCUT2D eigenvalue weighted by atomic mass is 10.1. The minimum absolute atomic E-state index is 0.0615. The van der Waals surface area contributed by atoms with E-state index in [9.17, 15) is 5.11 Å². The first-order valence-electron chi connectivity index (χ1n) is 8.25. The van der Waals surface area contributed by atoms with E-state index in [0.29, 0.717) is 33.9 Å². The Labute approximate surface area is 150 Å². The summed E-state index contributed by atoms with van der Waals surface area (Å²) >= 11 is 5.92. The second-order valence-electron chi connectivity index (χ2n) is 6.40. The number of hydrogen-bond donors (Lipinski definition) is 2. The van der Waals surface area contributed by atoms with Gasteiger partial charge in [-0.1, -0.05) is 11.6 Å². The number of phenols is 1. The molecule has 1 saturated heterocycles. The molecule has 0 radical (unpaired) electrons. The first-order valence-corrected chi connectivity index (χ1v) is 8.63. The largest absolute Gasteiger partial charge is 0.507 e. The smallest absolute Gasteiger partial charge is 0.192 e. The molecular weight excluding hydrogens is 340 g/mol. The van der Waals surface area contributed by atoms with Gasteiger partial charge < -0.3 is 15.3 Å². The van der Waals surface area contributed by atoms with E-state index in [1.165, 1.54) is 6.07 Å². The standard InChI is InChI=1S/C17H19ClN6O/c1-23-7-2-3-12(10-23)20-15-17-19-6-8-24(17)16(22-21-15)13-5-4-11(18)9-14(13)25/h4-6,8-9,12,25H,2-3,7,10H2,1H3,(H,20,21). The van der Waals surface area contributed by atoms with Crippen molar-refractivity contribution < 1.29 is 5.11 Å². The predicted octanol–water partition coefficient (Wildman–Crippen LogP) is 2.66. The van der Waals surface area contributed by atoms with E-state index in [0.717, 1.165) is 25.9 Å². The number of imidazole rings is 1. The number of anilines is 1. The zero-order chi connectivity index (χ0) is 17.4. The number of fused-ring (bicyclic) bond motifs is 1. The number of rotatable bonds is 3. The van der Waals surface area contributed by atoms with Gasteiger partial charge in [-0.05, 0) is 44.6 Å². The minimum Gasteiger partial charge on any atom is -0.507 e. The first kappa shape index (κ1) is 16.1. The van der Waals surface area contributed by atoms with Crippen LogP contribution in [-0.2, 0) is 0 Å². The van der Waals surface area contributed by atoms with Gasteiger partial charge in [0.25, 0.3) is 0 Å². The minimum atomic E-state index is 0.0615. The molecule has 1 atom stereocenters. The van der Waals surface area contributed by atoms with Gasteiger partial charge in [0.2, 0.25) is 0 Å². The number of halogens is 1. The highest BCUT2D eigenvalue weighted by atomic mass is 35.5. The van der Waals surface area contributed by atoms with Crippen molar-refractivity contribution in [3.05, 3.63) is 35.6 Å². The SMILES string of the molecule is CN1CCCC(Nc2nnc(-c3ccc(Cl)cc3O)n3ccnc23)C1. The lowest BCUT2D eigenvalue weighted by molar-refractivity contribution is 0.260. The Morgan fingerprint density at radius 1 is 1.32 bits per heavy atom. The molecule has 25 heavy (non-hydrogen) atoms. The van der Waals surface area contributed by atoms with Crippen LogP contribution in [-0.4, -0.2) is 55.8 Å². The molecule has 4 rings (SSSR count). The monoisotopic (exact) mass is 358 g/mol. The van der Waals surface area contributed by atoms with Crippen LogP contribution < -0.4 is 5.32 Å². The van der Waals surface area contributed by atoms with Crippen LogP contribution in [0.15, 0.2) is 30.6 Å². The average molecular weight is 359 g/mol. The van der Waals surface area contributed by atoms with Crippen LogP contribution in [0.3, 0.4) is 0 Å². The molecule has 8 heteroatoms. The van der Waals surface area contributed by atoms with Crippen LogP contribution in [0, 0.1) is 0 Å². The van der Waals surface area contributed by atoms with Gasteiger partial charge in [-0.3, -0.25) is 4.40 Å². The van der Waals surface area contributed by atoms with Crippen LogP contribution in [0.25, 0.3) is 17.0 Å². The number of hydrogen-bond acceptors (Lipinski definition) is 6. The molecule has 1 aliphatic heterocycles. The molecule has 1 aliphatic rings. The number of benzene rings is 1. The Morgan fingerprint density at radius 3 is 3.00 bits per heavy atom. The number of likely N-dealkylation sites (tertiary alicyclic amines) is 1. The normalized spacial score (nSPS) is 18.6. The summed E-state index contributed by atoms with van der Waals surface area (Å²) in [5.41, 5.74) is 1.25. The van der Waals surface area contributed by atoms with Gasteiger partial charge in [-0.2, -0.15) is 0 Å². The van der Waals surface area contributed by atoms with Gasteiger partial charge in [-0.15, -0.1) is 10.2 Å².